The van der Waals surface area contributed by atoms with Crippen LogP contribution in [-0.4, -0.2) is 24.7 Å². The van der Waals surface area contributed by atoms with Crippen LogP contribution in [0.4, 0.5) is 0 Å². The minimum atomic E-state index is -0.274. The molecule has 0 aliphatic rings. The standard InChI is InChI=1S/C13H13NO3/c1-16-13(15)6-8-17-11-5-4-10-3-2-7-14-12(10)9-11/h2-5,7,9H,6,8H2,1H3. The van der Waals surface area contributed by atoms with Gasteiger partial charge in [0.25, 0.3) is 0 Å². The minimum absolute atomic E-state index is 0.247. The van der Waals surface area contributed by atoms with Gasteiger partial charge in [-0.1, -0.05) is 6.07 Å². The SMILES string of the molecule is COC(=O)CCOc1ccc2cccnc2c1. The van der Waals surface area contributed by atoms with Crippen molar-refractivity contribution in [2.45, 2.75) is 6.42 Å². The van der Waals surface area contributed by atoms with Gasteiger partial charge in [0.1, 0.15) is 5.75 Å². The van der Waals surface area contributed by atoms with Crippen molar-refractivity contribution in [3.8, 4) is 5.75 Å². The van der Waals surface area contributed by atoms with E-state index in [1.165, 1.54) is 7.11 Å². The summed E-state index contributed by atoms with van der Waals surface area (Å²) >= 11 is 0. The molecule has 2 aromatic rings. The molecule has 4 heteroatoms. The van der Waals surface area contributed by atoms with Gasteiger partial charge in [0.2, 0.25) is 0 Å². The molecule has 1 aromatic heterocycles. The molecule has 4 nitrogen and oxygen atoms in total. The van der Waals surface area contributed by atoms with Crippen molar-refractivity contribution in [2.24, 2.45) is 0 Å². The molecule has 0 unspecified atom stereocenters. The summed E-state index contributed by atoms with van der Waals surface area (Å²) in [5.74, 6) is 0.434. The maximum atomic E-state index is 10.9. The van der Waals surface area contributed by atoms with Gasteiger partial charge in [0.15, 0.2) is 0 Å². The van der Waals surface area contributed by atoms with Crippen LogP contribution in [0.3, 0.4) is 0 Å². The molecule has 1 aromatic carbocycles. The first-order valence-corrected chi connectivity index (χ1v) is 5.34. The highest BCUT2D eigenvalue weighted by Crippen LogP contribution is 2.18. The van der Waals surface area contributed by atoms with E-state index >= 15 is 0 Å². The minimum Gasteiger partial charge on any atom is -0.493 e. The Kier molecular flexibility index (Phi) is 3.55. The highest BCUT2D eigenvalue weighted by atomic mass is 16.5. The number of aromatic nitrogens is 1. The summed E-state index contributed by atoms with van der Waals surface area (Å²) in [5, 5.41) is 1.06. The fourth-order valence-electron chi connectivity index (χ4n) is 1.49. The number of hydrogen-bond acceptors (Lipinski definition) is 4. The Labute approximate surface area is 99.2 Å². The van der Waals surface area contributed by atoms with Crippen LogP contribution in [0.15, 0.2) is 36.5 Å². The molecule has 0 atom stereocenters. The number of carbonyl (C=O) groups is 1. The Balaban J connectivity index is 2.02. The predicted molar refractivity (Wildman–Crippen MR) is 63.9 cm³/mol. The molecule has 88 valence electrons. The number of ether oxygens (including phenoxy) is 2. The Morgan fingerprint density at radius 1 is 1.35 bits per heavy atom. The Hall–Kier alpha value is -2.10. The largest absolute Gasteiger partial charge is 0.493 e. The molecular formula is C13H13NO3. The zero-order chi connectivity index (χ0) is 12.1. The third-order valence-corrected chi connectivity index (χ3v) is 2.38. The predicted octanol–water partition coefficient (Wildman–Crippen LogP) is 2.18. The van der Waals surface area contributed by atoms with Crippen LogP contribution in [-0.2, 0) is 9.53 Å². The van der Waals surface area contributed by atoms with E-state index in [1.807, 2.05) is 30.3 Å². The summed E-state index contributed by atoms with van der Waals surface area (Å²) < 4.78 is 9.97. The number of esters is 1. The van der Waals surface area contributed by atoms with Crippen molar-refractivity contribution in [2.75, 3.05) is 13.7 Å². The Morgan fingerprint density at radius 2 is 2.24 bits per heavy atom. The summed E-state index contributed by atoms with van der Waals surface area (Å²) in [6.45, 7) is 0.311. The fourth-order valence-corrected chi connectivity index (χ4v) is 1.49. The molecule has 0 spiro atoms. The molecule has 0 fully saturated rings. The second kappa shape index (κ2) is 5.30. The first kappa shape index (κ1) is 11.4. The van der Waals surface area contributed by atoms with Crippen LogP contribution in [0.1, 0.15) is 6.42 Å². The number of pyridine rings is 1. The Bertz CT molecular complexity index is 525. The van der Waals surface area contributed by atoms with Crippen molar-refractivity contribution in [1.82, 2.24) is 4.98 Å². The van der Waals surface area contributed by atoms with Crippen LogP contribution in [0.25, 0.3) is 10.9 Å². The molecule has 0 aliphatic carbocycles. The molecule has 1 heterocycles. The summed E-state index contributed by atoms with van der Waals surface area (Å²) in [7, 11) is 1.36. The molecule has 0 saturated heterocycles. The van der Waals surface area contributed by atoms with Crippen molar-refractivity contribution in [1.29, 1.82) is 0 Å². The zero-order valence-electron chi connectivity index (χ0n) is 9.55. The van der Waals surface area contributed by atoms with Gasteiger partial charge >= 0.3 is 5.97 Å². The topological polar surface area (TPSA) is 48.4 Å². The van der Waals surface area contributed by atoms with E-state index in [2.05, 4.69) is 9.72 Å². The molecule has 0 aliphatic heterocycles. The monoisotopic (exact) mass is 231 g/mol. The third-order valence-electron chi connectivity index (χ3n) is 2.38. The zero-order valence-corrected chi connectivity index (χ0v) is 9.55. The van der Waals surface area contributed by atoms with E-state index in [0.717, 1.165) is 10.9 Å². The fraction of sp³-hybridized carbons (Fsp3) is 0.231. The number of fused-ring (bicyclic) bond motifs is 1. The van der Waals surface area contributed by atoms with E-state index in [9.17, 15) is 4.79 Å². The Morgan fingerprint density at radius 3 is 3.06 bits per heavy atom. The van der Waals surface area contributed by atoms with E-state index in [1.54, 1.807) is 6.20 Å². The first-order valence-electron chi connectivity index (χ1n) is 5.34. The van der Waals surface area contributed by atoms with Gasteiger partial charge in [-0.3, -0.25) is 9.78 Å². The summed E-state index contributed by atoms with van der Waals surface area (Å²) in [4.78, 5) is 15.1. The average molecular weight is 231 g/mol. The number of benzene rings is 1. The van der Waals surface area contributed by atoms with E-state index in [-0.39, 0.29) is 12.4 Å². The smallest absolute Gasteiger partial charge is 0.308 e. The van der Waals surface area contributed by atoms with E-state index < -0.39 is 0 Å². The third kappa shape index (κ3) is 2.93. The maximum Gasteiger partial charge on any atom is 0.308 e. The number of rotatable bonds is 4. The second-order valence-corrected chi connectivity index (χ2v) is 3.53. The molecule has 0 bridgehead atoms. The van der Waals surface area contributed by atoms with Gasteiger partial charge < -0.3 is 9.47 Å². The summed E-state index contributed by atoms with van der Waals surface area (Å²) in [5.41, 5.74) is 0.878. The highest BCUT2D eigenvalue weighted by Gasteiger charge is 2.01. The van der Waals surface area contributed by atoms with E-state index in [0.29, 0.717) is 12.4 Å². The van der Waals surface area contributed by atoms with Crippen molar-refractivity contribution in [3.63, 3.8) is 0 Å². The van der Waals surface area contributed by atoms with Crippen molar-refractivity contribution < 1.29 is 14.3 Å². The average Bonchev–Trinajstić information content (AvgIpc) is 2.38. The quantitative estimate of drug-likeness (QED) is 0.757. The van der Waals surface area contributed by atoms with Crippen LogP contribution >= 0.6 is 0 Å². The first-order chi connectivity index (χ1) is 8.29. The lowest BCUT2D eigenvalue weighted by Crippen LogP contribution is -2.07. The maximum absolute atomic E-state index is 10.9. The van der Waals surface area contributed by atoms with Gasteiger partial charge in [-0.2, -0.15) is 0 Å². The summed E-state index contributed by atoms with van der Waals surface area (Å²) in [6, 6.07) is 9.53. The lowest BCUT2D eigenvalue weighted by molar-refractivity contribution is -0.141. The number of hydrogen-bond donors (Lipinski definition) is 0. The van der Waals surface area contributed by atoms with Crippen LogP contribution in [0, 0.1) is 0 Å². The molecule has 0 amide bonds. The number of methoxy groups -OCH3 is 1. The number of nitrogens with zero attached hydrogens (tertiary/aromatic N) is 1. The molecule has 0 saturated carbocycles. The van der Waals surface area contributed by atoms with Gasteiger partial charge in [0, 0.05) is 17.6 Å². The van der Waals surface area contributed by atoms with Crippen molar-refractivity contribution >= 4 is 16.9 Å². The van der Waals surface area contributed by atoms with Gasteiger partial charge in [-0.05, 0) is 18.2 Å². The van der Waals surface area contributed by atoms with Crippen LogP contribution in [0.2, 0.25) is 0 Å². The highest BCUT2D eigenvalue weighted by molar-refractivity contribution is 5.79. The molecule has 0 radical (unpaired) electrons. The lowest BCUT2D eigenvalue weighted by Gasteiger charge is -2.06. The van der Waals surface area contributed by atoms with Crippen molar-refractivity contribution in [3.05, 3.63) is 36.5 Å². The van der Waals surface area contributed by atoms with Crippen LogP contribution in [0.5, 0.6) is 5.75 Å². The number of carbonyl (C=O) groups excluding carboxylic acids is 1. The molecule has 2 rings (SSSR count). The van der Waals surface area contributed by atoms with E-state index in [4.69, 9.17) is 4.74 Å². The molecule has 0 N–H and O–H groups in total. The van der Waals surface area contributed by atoms with Gasteiger partial charge in [-0.25, -0.2) is 0 Å². The van der Waals surface area contributed by atoms with Crippen LogP contribution < -0.4 is 4.74 Å². The molecular weight excluding hydrogens is 218 g/mol. The normalized spacial score (nSPS) is 10.2. The van der Waals surface area contributed by atoms with Gasteiger partial charge in [-0.15, -0.1) is 0 Å². The molecule has 17 heavy (non-hydrogen) atoms. The van der Waals surface area contributed by atoms with Gasteiger partial charge in [0.05, 0.1) is 25.7 Å². The lowest BCUT2D eigenvalue weighted by atomic mass is 10.2. The summed E-state index contributed by atoms with van der Waals surface area (Å²) in [6.07, 6.45) is 1.98. The second-order valence-electron chi connectivity index (χ2n) is 3.53.